The second-order valence-electron chi connectivity index (χ2n) is 3.06. The summed E-state index contributed by atoms with van der Waals surface area (Å²) in [4.78, 5) is 0. The number of para-hydroxylation sites is 2. The first-order valence-corrected chi connectivity index (χ1v) is 4.77. The normalized spacial score (nSPS) is 15.1. The smallest absolute Gasteiger partial charge is 0.192 e. The summed E-state index contributed by atoms with van der Waals surface area (Å²) in [7, 11) is 0. The van der Waals surface area contributed by atoms with E-state index >= 15 is 0 Å². The van der Waals surface area contributed by atoms with Crippen LogP contribution in [0.4, 0.5) is 17.2 Å². The molecule has 0 saturated heterocycles. The van der Waals surface area contributed by atoms with Crippen LogP contribution in [0.3, 0.4) is 0 Å². The molecule has 1 aromatic carbocycles. The highest BCUT2D eigenvalue weighted by Gasteiger charge is 2.27. The van der Waals surface area contributed by atoms with Crippen LogP contribution in [-0.4, -0.2) is 19.9 Å². The number of nitrogens with one attached hydrogen (secondary N) is 2. The number of hydrogen-bond acceptors (Lipinski definition) is 6. The van der Waals surface area contributed by atoms with Crippen LogP contribution in [0.15, 0.2) is 30.5 Å². The van der Waals surface area contributed by atoms with Crippen molar-refractivity contribution in [3.63, 3.8) is 0 Å². The van der Waals surface area contributed by atoms with Gasteiger partial charge in [0, 0.05) is 0 Å². The van der Waals surface area contributed by atoms with Crippen molar-refractivity contribution in [3.05, 3.63) is 30.5 Å². The van der Waals surface area contributed by atoms with E-state index < -0.39 is 0 Å². The second kappa shape index (κ2) is 3.14. The molecule has 0 atom stereocenters. The van der Waals surface area contributed by atoms with Crippen LogP contribution < -0.4 is 10.4 Å². The number of aromatic nitrogens is 3. The first-order chi connectivity index (χ1) is 7.36. The van der Waals surface area contributed by atoms with Crippen LogP contribution in [0.25, 0.3) is 0 Å². The molecule has 2 N–H and O–H groups in total. The van der Waals surface area contributed by atoms with Gasteiger partial charge in [-0.25, -0.2) is 5.01 Å². The Bertz CT molecular complexity index is 470. The van der Waals surface area contributed by atoms with E-state index in [1.807, 2.05) is 29.3 Å². The Balaban J connectivity index is 2.10. The van der Waals surface area contributed by atoms with E-state index in [0.717, 1.165) is 11.4 Å². The van der Waals surface area contributed by atoms with Gasteiger partial charge < -0.3 is 0 Å². The number of nitrogens with zero attached hydrogens (tertiary/aromatic N) is 4. The lowest BCUT2D eigenvalue weighted by Crippen LogP contribution is -2.29. The molecule has 2 heterocycles. The predicted molar refractivity (Wildman–Crippen MR) is 59.4 cm³/mol. The highest BCUT2D eigenvalue weighted by molar-refractivity contribution is 7.77. The Labute approximate surface area is 91.4 Å². The van der Waals surface area contributed by atoms with Crippen LogP contribution in [0, 0.1) is 0 Å². The number of fused-ring (bicyclic) bond motifs is 1. The Morgan fingerprint density at radius 2 is 2.13 bits per heavy atom. The van der Waals surface area contributed by atoms with E-state index in [4.69, 9.17) is 0 Å². The molecule has 0 saturated carbocycles. The minimum Gasteiger partial charge on any atom is -0.289 e. The average Bonchev–Trinajstić information content (AvgIpc) is 2.82. The molecule has 1 aliphatic heterocycles. The molecule has 2 aromatic rings. The van der Waals surface area contributed by atoms with E-state index in [2.05, 4.69) is 33.7 Å². The summed E-state index contributed by atoms with van der Waals surface area (Å²) in [6, 6.07) is 7.87. The number of benzene rings is 1. The molecule has 6 nitrogen and oxygen atoms in total. The maximum atomic E-state index is 4.29. The average molecular weight is 220 g/mol. The van der Waals surface area contributed by atoms with Gasteiger partial charge in [0.25, 0.3) is 0 Å². The predicted octanol–water partition coefficient (Wildman–Crippen LogP) is 1.35. The van der Waals surface area contributed by atoms with Crippen molar-refractivity contribution in [1.82, 2.24) is 19.9 Å². The van der Waals surface area contributed by atoms with Gasteiger partial charge in [0.2, 0.25) is 0 Å². The summed E-state index contributed by atoms with van der Waals surface area (Å²) < 4.78 is 1.56. The van der Waals surface area contributed by atoms with E-state index in [-0.39, 0.29) is 0 Å². The lowest BCUT2D eigenvalue weighted by molar-refractivity contribution is 0.602. The number of rotatable bonds is 1. The zero-order valence-corrected chi connectivity index (χ0v) is 8.52. The van der Waals surface area contributed by atoms with Crippen molar-refractivity contribution in [2.45, 2.75) is 0 Å². The molecule has 7 heteroatoms. The van der Waals surface area contributed by atoms with Crippen LogP contribution in [0.5, 0.6) is 0 Å². The molecule has 0 unspecified atom stereocenters. The summed E-state index contributed by atoms with van der Waals surface area (Å²) in [6.07, 6.45) is 1.70. The van der Waals surface area contributed by atoms with E-state index in [9.17, 15) is 0 Å². The Morgan fingerprint density at radius 1 is 1.27 bits per heavy atom. The van der Waals surface area contributed by atoms with Crippen molar-refractivity contribution >= 4 is 30.0 Å². The Hall–Kier alpha value is -1.73. The lowest BCUT2D eigenvalue weighted by atomic mass is 10.3. The van der Waals surface area contributed by atoms with Crippen molar-refractivity contribution in [3.8, 4) is 0 Å². The van der Waals surface area contributed by atoms with Crippen molar-refractivity contribution in [2.75, 3.05) is 10.4 Å². The Kier molecular flexibility index (Phi) is 1.79. The fourth-order valence-electron chi connectivity index (χ4n) is 1.53. The van der Waals surface area contributed by atoms with Gasteiger partial charge in [0.05, 0.1) is 17.6 Å². The van der Waals surface area contributed by atoms with Gasteiger partial charge in [0.15, 0.2) is 5.82 Å². The van der Waals surface area contributed by atoms with Crippen molar-refractivity contribution in [2.24, 2.45) is 0 Å². The van der Waals surface area contributed by atoms with Gasteiger partial charge in [0.1, 0.15) is 0 Å². The van der Waals surface area contributed by atoms with Crippen LogP contribution in [-0.2, 0) is 0 Å². The van der Waals surface area contributed by atoms with E-state index in [1.165, 1.54) is 0 Å². The van der Waals surface area contributed by atoms with Gasteiger partial charge in [-0.2, -0.15) is 0 Å². The number of H-pyrrole nitrogens is 1. The van der Waals surface area contributed by atoms with E-state index in [1.54, 1.807) is 10.7 Å². The summed E-state index contributed by atoms with van der Waals surface area (Å²) in [5.41, 5.74) is 5.05. The zero-order valence-electron chi connectivity index (χ0n) is 7.62. The number of hydrogen-bond donors (Lipinski definition) is 3. The maximum Gasteiger partial charge on any atom is 0.192 e. The highest BCUT2D eigenvalue weighted by atomic mass is 32.1. The molecule has 1 aliphatic rings. The Morgan fingerprint density at radius 3 is 2.93 bits per heavy atom. The number of anilines is 3. The van der Waals surface area contributed by atoms with Crippen molar-refractivity contribution < 1.29 is 0 Å². The summed E-state index contributed by atoms with van der Waals surface area (Å²) in [5.74, 6) is 0.683. The van der Waals surface area contributed by atoms with Gasteiger partial charge in [-0.15, -0.1) is 5.10 Å². The van der Waals surface area contributed by atoms with E-state index in [0.29, 0.717) is 5.82 Å². The minimum atomic E-state index is 0.683. The van der Waals surface area contributed by atoms with Gasteiger partial charge in [-0.05, 0) is 12.1 Å². The molecule has 0 bridgehead atoms. The molecular formula is C8H8N6S. The number of aromatic amines is 1. The first-order valence-electron chi connectivity index (χ1n) is 4.37. The van der Waals surface area contributed by atoms with Gasteiger partial charge in [-0.3, -0.25) is 10.5 Å². The molecule has 0 radical (unpaired) electrons. The number of thiol groups is 1. The number of hydrazine groups is 2. The summed E-state index contributed by atoms with van der Waals surface area (Å²) >= 11 is 4.29. The lowest BCUT2D eigenvalue weighted by Gasteiger charge is -2.20. The molecule has 0 aliphatic carbocycles. The van der Waals surface area contributed by atoms with Crippen LogP contribution >= 0.6 is 12.8 Å². The molecule has 0 amide bonds. The summed E-state index contributed by atoms with van der Waals surface area (Å²) in [5, 5.41) is 12.1. The largest absolute Gasteiger partial charge is 0.289 e. The molecular weight excluding hydrogens is 212 g/mol. The third kappa shape index (κ3) is 1.24. The SMILES string of the molecule is SN1Nc2ccccc2N1c1c[nH]nn1. The quantitative estimate of drug-likeness (QED) is 0.633. The highest BCUT2D eigenvalue weighted by Crippen LogP contribution is 2.38. The van der Waals surface area contributed by atoms with Gasteiger partial charge >= 0.3 is 0 Å². The molecule has 0 fully saturated rings. The van der Waals surface area contributed by atoms with Crippen LogP contribution in [0.1, 0.15) is 0 Å². The first kappa shape index (κ1) is 8.57. The second-order valence-corrected chi connectivity index (χ2v) is 3.44. The zero-order chi connectivity index (χ0) is 10.3. The molecule has 15 heavy (non-hydrogen) atoms. The standard InChI is InChI=1S/C8H8N6S/c15-14-11-6-3-1-2-4-7(6)13(14)8-5-9-12-10-8/h1-5,11,15H,(H,9,10,12). The topological polar surface area (TPSA) is 60.1 Å². The summed E-state index contributed by atoms with van der Waals surface area (Å²) in [6.45, 7) is 0. The molecule has 76 valence electrons. The minimum absolute atomic E-state index is 0.683. The fourth-order valence-corrected chi connectivity index (χ4v) is 1.83. The monoisotopic (exact) mass is 220 g/mol. The third-order valence-electron chi connectivity index (χ3n) is 2.16. The molecule has 3 rings (SSSR count). The molecule has 0 spiro atoms. The van der Waals surface area contributed by atoms with Gasteiger partial charge in [-0.1, -0.05) is 34.7 Å². The molecule has 1 aromatic heterocycles. The van der Waals surface area contributed by atoms with Crippen molar-refractivity contribution in [1.29, 1.82) is 0 Å². The van der Waals surface area contributed by atoms with Crippen LogP contribution in [0.2, 0.25) is 0 Å². The maximum absolute atomic E-state index is 4.29. The fraction of sp³-hybridized carbons (Fsp3) is 0. The third-order valence-corrected chi connectivity index (χ3v) is 2.44.